The van der Waals surface area contributed by atoms with Crippen molar-refractivity contribution in [3.8, 4) is 0 Å². The fraction of sp³-hybridized carbons (Fsp3) is 0.943. The molecule has 0 amide bonds. The minimum Gasteiger partial charge on any atom is -0.481 e. The van der Waals surface area contributed by atoms with E-state index in [1.165, 1.54) is 20.8 Å². The Morgan fingerprint density at radius 1 is 0.509 bits per heavy atom. The van der Waals surface area contributed by atoms with Crippen molar-refractivity contribution in [2.45, 2.75) is 321 Å². The summed E-state index contributed by atoms with van der Waals surface area (Å²) in [5.74, 6) is -4.70. The van der Waals surface area contributed by atoms with Crippen LogP contribution < -0.4 is 0 Å². The van der Waals surface area contributed by atoms with Crippen LogP contribution >= 0.6 is 0 Å². The number of aliphatic hydroxyl groups is 21. The van der Waals surface area contributed by atoms with E-state index in [4.69, 9.17) is 66.3 Å². The summed E-state index contributed by atoms with van der Waals surface area (Å²) in [6, 6.07) is 0. The minimum absolute atomic E-state index is 0.00761. The van der Waals surface area contributed by atoms with Crippen LogP contribution in [-0.4, -0.2) is 378 Å². The zero-order chi connectivity index (χ0) is 79.1. The fourth-order valence-electron chi connectivity index (χ4n) is 20.4. The molecule has 0 aromatic carbocycles. The highest BCUT2D eigenvalue weighted by Crippen LogP contribution is 2.76. The third-order valence-electron chi connectivity index (χ3n) is 27.1. The van der Waals surface area contributed by atoms with Crippen LogP contribution in [0.25, 0.3) is 0 Å². The van der Waals surface area contributed by atoms with Gasteiger partial charge in [0.05, 0.1) is 69.5 Å². The second-order valence-corrected chi connectivity index (χ2v) is 34.0. The van der Waals surface area contributed by atoms with Gasteiger partial charge in [0, 0.05) is 0 Å². The number of ether oxygens (including phenoxy) is 14. The molecule has 0 aromatic rings. The molecule has 4 saturated carbocycles. The Balaban J connectivity index is 0.831. The largest absolute Gasteiger partial charge is 0.481 e. The summed E-state index contributed by atoms with van der Waals surface area (Å²) in [5, 5.41) is 246. The summed E-state index contributed by atoms with van der Waals surface area (Å²) in [6.45, 7) is 9.39. The molecule has 38 heteroatoms. The predicted octanol–water partition coefficient (Wildman–Crippen LogP) is -8.22. The zero-order valence-electron chi connectivity index (χ0n) is 61.2. The Kier molecular flexibility index (Phi) is 24.6. The van der Waals surface area contributed by atoms with Gasteiger partial charge in [0.15, 0.2) is 43.8 Å². The lowest BCUT2D eigenvalue weighted by Crippen LogP contribution is -2.71. The van der Waals surface area contributed by atoms with Gasteiger partial charge < -0.3 is 179 Å². The standard InChI is InChI=1S/C70H112O38/c1-24-36(77)40(81)46(87)57(98-24)106-52-48(89)50(104-56-44(85)37(78)29(75)20-95-56)31(19-72)101-59(52)107-54-28(74)16-65(5)33-10-9-26-27-15-64(3,4)13-14-70(27,35(76)17-67(26,7)66(33,6)12-11-34(65)68(54,8)62(91)92)63(93)108-60-51(42(83)39(80)32(102-60)21-96-55-45(86)41(82)38(79)30(18-71)100-55)105-58-47(88)43(84)49(25(2)99-58)103-61-53(90)69(94,22-73)23-97-61/h9,24-25,27-61,71-90,94H,10-23H2,1-8H3,(H,91,92). The summed E-state index contributed by atoms with van der Waals surface area (Å²) >= 11 is 0. The third kappa shape index (κ3) is 14.2. The molecule has 12 aliphatic rings. The number of hydrogen-bond donors (Lipinski definition) is 22. The number of allylic oxidation sites excluding steroid dienone is 2. The predicted molar refractivity (Wildman–Crippen MR) is 351 cm³/mol. The molecule has 11 fully saturated rings. The Labute approximate surface area is 621 Å². The molecule has 5 aliphatic carbocycles. The molecule has 108 heavy (non-hydrogen) atoms. The number of carbonyl (C=O) groups is 2. The fourth-order valence-corrected chi connectivity index (χ4v) is 20.4. The van der Waals surface area contributed by atoms with Crippen LogP contribution in [0, 0.1) is 50.2 Å². The lowest BCUT2D eigenvalue weighted by atomic mass is 9.33. The van der Waals surface area contributed by atoms with Crippen LogP contribution in [-0.2, 0) is 75.9 Å². The molecule has 43 unspecified atom stereocenters. The van der Waals surface area contributed by atoms with Crippen molar-refractivity contribution in [2.75, 3.05) is 39.6 Å². The number of esters is 1. The lowest BCUT2D eigenvalue weighted by molar-refractivity contribution is -0.394. The highest BCUT2D eigenvalue weighted by Gasteiger charge is 2.75. The number of aliphatic hydroxyl groups excluding tert-OH is 20. The Bertz CT molecular complexity index is 3160. The topological polar surface area (TPSA) is 608 Å². The van der Waals surface area contributed by atoms with E-state index in [2.05, 4.69) is 0 Å². The first kappa shape index (κ1) is 84.7. The second-order valence-electron chi connectivity index (χ2n) is 34.0. The van der Waals surface area contributed by atoms with E-state index >= 15 is 4.79 Å². The SMILES string of the molecule is CC1OC(OC2C(OC3C(O)CC4(C)C(CCC5(C)C4CC=C4C6CC(C)(C)CCC6(C(=O)OC6OC(COC7OC(CO)C(O)C(O)C7O)C(O)C(O)C6OC6OC(C)C(OC7OCC(O)(CO)C7O)C(O)C6O)C(O)CC45C)C3(C)C(=O)O)OC(CO)C(OC3OCC(O)C(O)C3O)C2O)C(O)C(O)C1O. The summed E-state index contributed by atoms with van der Waals surface area (Å²) in [5.41, 5.74) is -8.82. The quantitative estimate of drug-likeness (QED) is 0.0324. The smallest absolute Gasteiger partial charge is 0.317 e. The maximum atomic E-state index is 16.0. The summed E-state index contributed by atoms with van der Waals surface area (Å²) in [6.07, 6.45) is -58.3. The first-order valence-electron chi connectivity index (χ1n) is 37.2. The van der Waals surface area contributed by atoms with Gasteiger partial charge in [-0.1, -0.05) is 46.3 Å². The first-order valence-corrected chi connectivity index (χ1v) is 37.2. The zero-order valence-corrected chi connectivity index (χ0v) is 61.2. The molecule has 0 radical (unpaired) electrons. The Morgan fingerprint density at radius 3 is 1.71 bits per heavy atom. The Hall–Kier alpha value is -2.68. The van der Waals surface area contributed by atoms with Gasteiger partial charge in [0.25, 0.3) is 0 Å². The van der Waals surface area contributed by atoms with E-state index in [-0.39, 0.29) is 44.9 Å². The number of fused-ring (bicyclic) bond motifs is 7. The number of aliphatic carboxylic acids is 1. The highest BCUT2D eigenvalue weighted by molar-refractivity contribution is 5.80. The number of rotatable bonds is 19. The van der Waals surface area contributed by atoms with Crippen molar-refractivity contribution in [3.05, 3.63) is 11.6 Å². The molecular formula is C70H112O38. The molecule has 7 heterocycles. The van der Waals surface area contributed by atoms with E-state index in [1.54, 1.807) is 0 Å². The van der Waals surface area contributed by atoms with Crippen molar-refractivity contribution in [1.29, 1.82) is 0 Å². The van der Waals surface area contributed by atoms with Crippen molar-refractivity contribution in [3.63, 3.8) is 0 Å². The monoisotopic (exact) mass is 1560 g/mol. The lowest BCUT2D eigenvalue weighted by Gasteiger charge is -2.71. The van der Waals surface area contributed by atoms with Crippen LogP contribution in [0.3, 0.4) is 0 Å². The van der Waals surface area contributed by atoms with Crippen molar-refractivity contribution < 1.29 is 188 Å². The number of carboxylic acid groups (broad SMARTS) is 1. The van der Waals surface area contributed by atoms with Gasteiger partial charge >= 0.3 is 11.9 Å². The van der Waals surface area contributed by atoms with Gasteiger partial charge in [-0.3, -0.25) is 9.59 Å². The average molecular weight is 1560 g/mol. The van der Waals surface area contributed by atoms with Gasteiger partial charge in [-0.05, 0) is 112 Å². The third-order valence-corrected chi connectivity index (χ3v) is 27.1. The molecule has 0 bridgehead atoms. The Morgan fingerprint density at radius 2 is 1.07 bits per heavy atom. The number of carboxylic acids is 1. The van der Waals surface area contributed by atoms with E-state index < -0.39 is 316 Å². The molecule has 0 spiro atoms. The van der Waals surface area contributed by atoms with Crippen LogP contribution in [0.1, 0.15) is 107 Å². The maximum Gasteiger partial charge on any atom is 0.317 e. The minimum atomic E-state index is -2.18. The molecular weight excluding hydrogens is 1450 g/mol. The van der Waals surface area contributed by atoms with Crippen molar-refractivity contribution in [1.82, 2.24) is 0 Å². The molecule has 0 aromatic heterocycles. The number of hydrogen-bond acceptors (Lipinski definition) is 37. The van der Waals surface area contributed by atoms with Gasteiger partial charge in [-0.2, -0.15) is 0 Å². The normalized spacial score (nSPS) is 55.2. The summed E-state index contributed by atoms with van der Waals surface area (Å²) in [7, 11) is 0. The molecule has 38 nitrogen and oxygen atoms in total. The van der Waals surface area contributed by atoms with E-state index in [0.717, 1.165) is 5.57 Å². The van der Waals surface area contributed by atoms with Crippen molar-refractivity contribution in [2.24, 2.45) is 50.2 Å². The van der Waals surface area contributed by atoms with E-state index in [9.17, 15) is 117 Å². The summed E-state index contributed by atoms with van der Waals surface area (Å²) in [4.78, 5) is 30.5. The van der Waals surface area contributed by atoms with Crippen LogP contribution in [0.5, 0.6) is 0 Å². The summed E-state index contributed by atoms with van der Waals surface area (Å²) < 4.78 is 83.5. The number of carbonyl (C=O) groups excluding carboxylic acids is 1. The van der Waals surface area contributed by atoms with Gasteiger partial charge in [-0.15, -0.1) is 0 Å². The van der Waals surface area contributed by atoms with Gasteiger partial charge in [-0.25, -0.2) is 0 Å². The molecule has 7 saturated heterocycles. The molecule has 620 valence electrons. The van der Waals surface area contributed by atoms with E-state index in [0.29, 0.717) is 6.42 Å². The molecule has 7 aliphatic heterocycles. The van der Waals surface area contributed by atoms with Crippen LogP contribution in [0.2, 0.25) is 0 Å². The van der Waals surface area contributed by atoms with Gasteiger partial charge in [0.2, 0.25) is 6.29 Å². The average Bonchev–Trinajstić information content (AvgIpc) is 0.704. The van der Waals surface area contributed by atoms with Crippen LogP contribution in [0.4, 0.5) is 0 Å². The second kappa shape index (κ2) is 31.4. The highest BCUT2D eigenvalue weighted by atomic mass is 16.8. The molecule has 43 atom stereocenters. The van der Waals surface area contributed by atoms with E-state index in [1.807, 2.05) is 40.7 Å². The van der Waals surface area contributed by atoms with Crippen molar-refractivity contribution >= 4 is 11.9 Å². The molecule has 12 rings (SSSR count). The maximum absolute atomic E-state index is 16.0. The van der Waals surface area contributed by atoms with Crippen LogP contribution in [0.15, 0.2) is 11.6 Å². The first-order chi connectivity index (χ1) is 50.5. The van der Waals surface area contributed by atoms with Gasteiger partial charge in [0.1, 0.15) is 145 Å². The molecule has 22 N–H and O–H groups in total.